The second-order valence-electron chi connectivity index (χ2n) is 8.17. The summed E-state index contributed by atoms with van der Waals surface area (Å²) >= 11 is 0. The van der Waals surface area contributed by atoms with Gasteiger partial charge >= 0.3 is 5.97 Å². The van der Waals surface area contributed by atoms with E-state index in [-0.39, 0.29) is 36.7 Å². The van der Waals surface area contributed by atoms with E-state index in [4.69, 9.17) is 4.74 Å². The second-order valence-corrected chi connectivity index (χ2v) is 8.17. The molecule has 1 aliphatic rings. The van der Waals surface area contributed by atoms with Gasteiger partial charge in [0.25, 0.3) is 11.6 Å². The van der Waals surface area contributed by atoms with E-state index in [1.54, 1.807) is 12.1 Å². The van der Waals surface area contributed by atoms with Gasteiger partial charge < -0.3 is 14.5 Å². The quantitative estimate of drug-likeness (QED) is 0.350. The van der Waals surface area contributed by atoms with Crippen LogP contribution in [-0.4, -0.2) is 48.4 Å². The first-order chi connectivity index (χ1) is 15.4. The number of hydrogen-bond acceptors (Lipinski definition) is 6. The number of methoxy groups -OCH3 is 1. The maximum Gasteiger partial charge on any atom is 0.307 e. The maximum absolute atomic E-state index is 13.3. The molecule has 0 unspecified atom stereocenters. The molecule has 0 radical (unpaired) electrons. The summed E-state index contributed by atoms with van der Waals surface area (Å²) in [6, 6.07) is 14.1. The highest BCUT2D eigenvalue weighted by molar-refractivity contribution is 5.96. The Morgan fingerprint density at radius 2 is 1.84 bits per heavy atom. The first-order valence-electron chi connectivity index (χ1n) is 10.8. The number of ether oxygens (including phenoxy) is 1. The van der Waals surface area contributed by atoms with Crippen molar-refractivity contribution in [2.75, 3.05) is 31.6 Å². The Balaban J connectivity index is 1.86. The van der Waals surface area contributed by atoms with Crippen LogP contribution in [0.2, 0.25) is 0 Å². The maximum atomic E-state index is 13.3. The Morgan fingerprint density at radius 3 is 2.47 bits per heavy atom. The van der Waals surface area contributed by atoms with Crippen molar-refractivity contribution in [3.8, 4) is 0 Å². The van der Waals surface area contributed by atoms with Crippen molar-refractivity contribution >= 4 is 23.3 Å². The zero-order valence-electron chi connectivity index (χ0n) is 18.5. The highest BCUT2D eigenvalue weighted by Crippen LogP contribution is 2.32. The summed E-state index contributed by atoms with van der Waals surface area (Å²) in [5.41, 5.74) is 1.60. The summed E-state index contributed by atoms with van der Waals surface area (Å²) in [6.07, 6.45) is 2.01. The van der Waals surface area contributed by atoms with Gasteiger partial charge in [0.15, 0.2) is 0 Å². The zero-order chi connectivity index (χ0) is 23.1. The number of nitro groups is 1. The Morgan fingerprint density at radius 1 is 1.16 bits per heavy atom. The minimum Gasteiger partial charge on any atom is -0.469 e. The van der Waals surface area contributed by atoms with Gasteiger partial charge in [-0.3, -0.25) is 19.7 Å². The lowest BCUT2D eigenvalue weighted by Crippen LogP contribution is -2.34. The number of esters is 1. The number of rotatable bonds is 8. The number of carbonyl (C=O) groups excluding carboxylic acids is 2. The standard InChI is InChI=1S/C24H29N3O5/c1-18-10-13-25(14-11-18)21-9-8-20(16-22(21)27(30)31)24(29)26(15-12-23(28)32-2)17-19-6-4-3-5-7-19/h3-9,16,18H,10-15,17H2,1-2H3. The van der Waals surface area contributed by atoms with Gasteiger partial charge in [-0.1, -0.05) is 37.3 Å². The van der Waals surface area contributed by atoms with E-state index in [2.05, 4.69) is 6.92 Å². The Kier molecular flexibility index (Phi) is 7.81. The zero-order valence-corrected chi connectivity index (χ0v) is 18.5. The van der Waals surface area contributed by atoms with Gasteiger partial charge in [0.1, 0.15) is 5.69 Å². The van der Waals surface area contributed by atoms with Crippen LogP contribution >= 0.6 is 0 Å². The van der Waals surface area contributed by atoms with Crippen LogP contribution in [0.4, 0.5) is 11.4 Å². The van der Waals surface area contributed by atoms with E-state index in [0.29, 0.717) is 11.6 Å². The molecule has 2 aromatic carbocycles. The molecule has 32 heavy (non-hydrogen) atoms. The van der Waals surface area contributed by atoms with Crippen molar-refractivity contribution in [2.24, 2.45) is 5.92 Å². The van der Waals surface area contributed by atoms with E-state index < -0.39 is 10.9 Å². The van der Waals surface area contributed by atoms with E-state index in [0.717, 1.165) is 31.5 Å². The molecular formula is C24H29N3O5. The third-order valence-electron chi connectivity index (χ3n) is 5.86. The molecule has 0 bridgehead atoms. The van der Waals surface area contributed by atoms with Crippen molar-refractivity contribution in [1.82, 2.24) is 4.90 Å². The highest BCUT2D eigenvalue weighted by atomic mass is 16.6. The van der Waals surface area contributed by atoms with Crippen molar-refractivity contribution in [1.29, 1.82) is 0 Å². The largest absolute Gasteiger partial charge is 0.469 e. The van der Waals surface area contributed by atoms with Crippen LogP contribution in [0.1, 0.15) is 42.1 Å². The van der Waals surface area contributed by atoms with Crippen molar-refractivity contribution < 1.29 is 19.2 Å². The van der Waals surface area contributed by atoms with Gasteiger partial charge in [0.2, 0.25) is 0 Å². The first kappa shape index (κ1) is 23.2. The average molecular weight is 440 g/mol. The number of benzene rings is 2. The Bertz CT molecular complexity index is 955. The number of nitrogens with zero attached hydrogens (tertiary/aromatic N) is 3. The molecule has 170 valence electrons. The van der Waals surface area contributed by atoms with Crippen LogP contribution in [0.15, 0.2) is 48.5 Å². The molecule has 3 rings (SSSR count). The first-order valence-corrected chi connectivity index (χ1v) is 10.8. The minimum atomic E-state index is -0.430. The fourth-order valence-corrected chi connectivity index (χ4v) is 3.89. The van der Waals surface area contributed by atoms with Crippen LogP contribution in [0.25, 0.3) is 0 Å². The molecule has 0 spiro atoms. The average Bonchev–Trinajstić information content (AvgIpc) is 2.81. The number of anilines is 1. The number of carbonyl (C=O) groups is 2. The van der Waals surface area contributed by atoms with Gasteiger partial charge in [-0.2, -0.15) is 0 Å². The molecule has 0 atom stereocenters. The van der Waals surface area contributed by atoms with Gasteiger partial charge in [0.05, 0.1) is 18.5 Å². The summed E-state index contributed by atoms with van der Waals surface area (Å²) in [5.74, 6) is -0.177. The lowest BCUT2D eigenvalue weighted by Gasteiger charge is -2.32. The second kappa shape index (κ2) is 10.7. The molecule has 0 aliphatic carbocycles. The van der Waals surface area contributed by atoms with Crippen molar-refractivity contribution in [3.05, 3.63) is 69.8 Å². The smallest absolute Gasteiger partial charge is 0.307 e. The number of nitro benzene ring substituents is 1. The molecule has 1 amide bonds. The van der Waals surface area contributed by atoms with Crippen LogP contribution < -0.4 is 4.90 Å². The molecule has 0 aromatic heterocycles. The SMILES string of the molecule is COC(=O)CCN(Cc1ccccc1)C(=O)c1ccc(N2CCC(C)CC2)c([N+](=O)[O-])c1. The molecule has 1 saturated heterocycles. The molecule has 1 heterocycles. The van der Waals surface area contributed by atoms with Crippen LogP contribution in [0.3, 0.4) is 0 Å². The van der Waals surface area contributed by atoms with Gasteiger partial charge in [-0.25, -0.2) is 0 Å². The third kappa shape index (κ3) is 5.84. The van der Waals surface area contributed by atoms with Crippen molar-refractivity contribution in [3.63, 3.8) is 0 Å². The summed E-state index contributed by atoms with van der Waals surface area (Å²) in [6.45, 7) is 4.14. The lowest BCUT2D eigenvalue weighted by atomic mass is 9.98. The van der Waals surface area contributed by atoms with Crippen LogP contribution in [0.5, 0.6) is 0 Å². The van der Waals surface area contributed by atoms with Crippen LogP contribution in [0, 0.1) is 16.0 Å². The molecular weight excluding hydrogens is 410 g/mol. The van der Waals surface area contributed by atoms with E-state index in [1.165, 1.54) is 18.1 Å². The monoisotopic (exact) mass is 439 g/mol. The summed E-state index contributed by atoms with van der Waals surface area (Å²) in [4.78, 5) is 39.9. The molecule has 2 aromatic rings. The Labute approximate surface area is 187 Å². The highest BCUT2D eigenvalue weighted by Gasteiger charge is 2.26. The molecule has 0 N–H and O–H groups in total. The van der Waals surface area contributed by atoms with E-state index in [9.17, 15) is 19.7 Å². The summed E-state index contributed by atoms with van der Waals surface area (Å²) in [5, 5.41) is 11.8. The van der Waals surface area contributed by atoms with Crippen LogP contribution in [-0.2, 0) is 16.1 Å². The molecule has 8 heteroatoms. The van der Waals surface area contributed by atoms with E-state index >= 15 is 0 Å². The fraction of sp³-hybridized carbons (Fsp3) is 0.417. The Hall–Kier alpha value is -3.42. The third-order valence-corrected chi connectivity index (χ3v) is 5.86. The molecule has 8 nitrogen and oxygen atoms in total. The normalized spacial score (nSPS) is 14.1. The number of hydrogen-bond donors (Lipinski definition) is 0. The summed E-state index contributed by atoms with van der Waals surface area (Å²) in [7, 11) is 1.30. The predicted octanol–water partition coefficient (Wildman–Crippen LogP) is 4.04. The minimum absolute atomic E-state index is 0.0429. The molecule has 1 fully saturated rings. The topological polar surface area (TPSA) is 93.0 Å². The van der Waals surface area contributed by atoms with E-state index in [1.807, 2.05) is 35.2 Å². The number of piperidine rings is 1. The van der Waals surface area contributed by atoms with Gasteiger partial charge in [0, 0.05) is 37.8 Å². The summed E-state index contributed by atoms with van der Waals surface area (Å²) < 4.78 is 4.71. The number of amides is 1. The van der Waals surface area contributed by atoms with Gasteiger partial charge in [-0.15, -0.1) is 0 Å². The van der Waals surface area contributed by atoms with Gasteiger partial charge in [-0.05, 0) is 36.5 Å². The fourth-order valence-electron chi connectivity index (χ4n) is 3.89. The van der Waals surface area contributed by atoms with Crippen molar-refractivity contribution in [2.45, 2.75) is 32.7 Å². The predicted molar refractivity (Wildman–Crippen MR) is 122 cm³/mol. The molecule has 1 aliphatic heterocycles. The molecule has 0 saturated carbocycles. The lowest BCUT2D eigenvalue weighted by molar-refractivity contribution is -0.384.